The lowest BCUT2D eigenvalue weighted by Gasteiger charge is -2.47. The van der Waals surface area contributed by atoms with E-state index in [0.717, 1.165) is 29.7 Å². The second-order valence-corrected chi connectivity index (χ2v) is 7.42. The number of carbonyl (C=O) groups excluding carboxylic acids is 2. The number of thioether (sulfide) groups is 1. The molecule has 1 atom stereocenters. The molecule has 0 N–H and O–H groups in total. The molecule has 3 aliphatic rings. The van der Waals surface area contributed by atoms with Crippen LogP contribution in [-0.4, -0.2) is 59.1 Å². The average molecular weight is 296 g/mol. The molecule has 0 radical (unpaired) electrons. The van der Waals surface area contributed by atoms with Crippen molar-refractivity contribution in [2.24, 2.45) is 0 Å². The van der Waals surface area contributed by atoms with E-state index < -0.39 is 5.97 Å². The zero-order valence-electron chi connectivity index (χ0n) is 11.8. The molecule has 3 aliphatic heterocycles. The Morgan fingerprint density at radius 3 is 2.70 bits per heavy atom. The van der Waals surface area contributed by atoms with E-state index >= 15 is 0 Å². The Hall–Kier alpha value is -1.01. The molecule has 20 heavy (non-hydrogen) atoms. The predicted octanol–water partition coefficient (Wildman–Crippen LogP) is -0.0739. The zero-order chi connectivity index (χ0) is 14.3. The highest BCUT2D eigenvalue weighted by Crippen LogP contribution is 2.40. The number of carboxylic acid groups (broad SMARTS) is 1. The van der Waals surface area contributed by atoms with Crippen LogP contribution in [0.25, 0.3) is 0 Å². The Labute approximate surface area is 123 Å². The minimum Gasteiger partial charge on any atom is -0.543 e. The van der Waals surface area contributed by atoms with Crippen LogP contribution in [0, 0.1) is 0 Å². The maximum absolute atomic E-state index is 11.7. The molecule has 0 unspecified atom stereocenters. The summed E-state index contributed by atoms with van der Waals surface area (Å²) >= 11 is 1.68. The maximum Gasteiger partial charge on any atom is 0.230 e. The van der Waals surface area contributed by atoms with Crippen molar-refractivity contribution in [3.05, 3.63) is 11.3 Å². The van der Waals surface area contributed by atoms with E-state index in [1.54, 1.807) is 11.8 Å². The van der Waals surface area contributed by atoms with E-state index in [2.05, 4.69) is 7.05 Å². The number of carboxylic acids is 1. The molecular formula is C14H20N2O3S. The summed E-state index contributed by atoms with van der Waals surface area (Å²) in [7, 11) is 2.19. The van der Waals surface area contributed by atoms with Crippen LogP contribution in [0.3, 0.4) is 0 Å². The molecule has 0 aromatic rings. The first-order valence-electron chi connectivity index (χ1n) is 7.21. The van der Waals surface area contributed by atoms with Gasteiger partial charge in [0.05, 0.1) is 43.6 Å². The van der Waals surface area contributed by atoms with Crippen molar-refractivity contribution in [1.29, 1.82) is 0 Å². The lowest BCUT2D eigenvalue weighted by atomic mass is 10.0. The molecule has 3 heterocycles. The van der Waals surface area contributed by atoms with Gasteiger partial charge in [-0.15, -0.1) is 11.8 Å². The molecule has 1 amide bonds. The maximum atomic E-state index is 11.7. The van der Waals surface area contributed by atoms with E-state index in [0.29, 0.717) is 12.2 Å². The standard InChI is InChI=1S/C14H20N2O3S/c1-16(5-3-2-4-6-16)8-10-9-20-12-7-11(17)15(12)13(10)14(18)19/h12H,2-9H2,1H3/t12-/m1/s1. The fourth-order valence-electron chi connectivity index (χ4n) is 3.48. The van der Waals surface area contributed by atoms with Crippen LogP contribution in [-0.2, 0) is 9.59 Å². The van der Waals surface area contributed by atoms with Gasteiger partial charge in [0, 0.05) is 11.3 Å². The van der Waals surface area contributed by atoms with Gasteiger partial charge in [-0.1, -0.05) is 0 Å². The number of carbonyl (C=O) groups is 2. The average Bonchev–Trinajstić information content (AvgIpc) is 2.39. The lowest BCUT2D eigenvalue weighted by Crippen LogP contribution is -2.57. The van der Waals surface area contributed by atoms with Crippen LogP contribution in [0.4, 0.5) is 0 Å². The minimum absolute atomic E-state index is 0.0193. The van der Waals surface area contributed by atoms with E-state index in [1.807, 2.05) is 0 Å². The van der Waals surface area contributed by atoms with Gasteiger partial charge in [-0.2, -0.15) is 0 Å². The second-order valence-electron chi connectivity index (χ2n) is 6.26. The van der Waals surface area contributed by atoms with E-state index in [1.165, 1.54) is 24.2 Å². The Bertz CT molecular complexity index is 483. The van der Waals surface area contributed by atoms with E-state index in [-0.39, 0.29) is 17.0 Å². The lowest BCUT2D eigenvalue weighted by molar-refractivity contribution is -0.909. The summed E-state index contributed by atoms with van der Waals surface area (Å²) in [5.74, 6) is -0.562. The van der Waals surface area contributed by atoms with Crippen molar-refractivity contribution >= 4 is 23.6 Å². The smallest absolute Gasteiger partial charge is 0.230 e. The molecule has 0 spiro atoms. The van der Waals surface area contributed by atoms with Crippen LogP contribution in [0.5, 0.6) is 0 Å². The molecule has 0 aromatic carbocycles. The van der Waals surface area contributed by atoms with Crippen molar-refractivity contribution in [1.82, 2.24) is 4.90 Å². The van der Waals surface area contributed by atoms with Crippen LogP contribution in [0.2, 0.25) is 0 Å². The van der Waals surface area contributed by atoms with Gasteiger partial charge in [0.25, 0.3) is 0 Å². The highest BCUT2D eigenvalue weighted by Gasteiger charge is 2.44. The van der Waals surface area contributed by atoms with Crippen molar-refractivity contribution in [3.8, 4) is 0 Å². The van der Waals surface area contributed by atoms with Gasteiger partial charge in [0.1, 0.15) is 6.54 Å². The predicted molar refractivity (Wildman–Crippen MR) is 74.4 cm³/mol. The molecular weight excluding hydrogens is 276 g/mol. The number of nitrogens with zero attached hydrogens (tertiary/aromatic N) is 2. The molecule has 6 heteroatoms. The SMILES string of the molecule is C[N+]1(CC2=C(C(=O)[O-])N3C(=O)C[C@H]3SC2)CCCCC1. The number of piperidine rings is 1. The van der Waals surface area contributed by atoms with E-state index in [9.17, 15) is 14.7 Å². The second kappa shape index (κ2) is 5.07. The summed E-state index contributed by atoms with van der Waals surface area (Å²) in [4.78, 5) is 24.6. The number of fused-ring (bicyclic) bond motifs is 1. The van der Waals surface area contributed by atoms with Gasteiger partial charge in [-0.05, 0) is 19.3 Å². The Morgan fingerprint density at radius 2 is 2.10 bits per heavy atom. The molecule has 3 rings (SSSR count). The third-order valence-electron chi connectivity index (χ3n) is 4.59. The summed E-state index contributed by atoms with van der Waals surface area (Å²) in [5.41, 5.74) is 1.04. The summed E-state index contributed by atoms with van der Waals surface area (Å²) in [6.45, 7) is 2.91. The number of aliphatic carboxylic acids is 1. The number of likely N-dealkylation sites (tertiary alicyclic amines) is 1. The van der Waals surface area contributed by atoms with Crippen LogP contribution >= 0.6 is 11.8 Å². The van der Waals surface area contributed by atoms with Crippen LogP contribution in [0.15, 0.2) is 11.3 Å². The first-order chi connectivity index (χ1) is 9.50. The molecule has 0 aromatic heterocycles. The van der Waals surface area contributed by atoms with E-state index in [4.69, 9.17) is 0 Å². The zero-order valence-corrected chi connectivity index (χ0v) is 12.6. The Kier molecular flexibility index (Phi) is 3.54. The van der Waals surface area contributed by atoms with Gasteiger partial charge in [-0.25, -0.2) is 0 Å². The van der Waals surface area contributed by atoms with Crippen LogP contribution < -0.4 is 5.11 Å². The topological polar surface area (TPSA) is 60.4 Å². The van der Waals surface area contributed by atoms with Crippen molar-refractivity contribution < 1.29 is 19.2 Å². The molecule has 0 saturated carbocycles. The van der Waals surface area contributed by atoms with Crippen molar-refractivity contribution in [3.63, 3.8) is 0 Å². The Morgan fingerprint density at radius 1 is 1.40 bits per heavy atom. The fourth-order valence-corrected chi connectivity index (χ4v) is 4.74. The normalized spacial score (nSPS) is 28.9. The van der Waals surface area contributed by atoms with Gasteiger partial charge >= 0.3 is 0 Å². The number of β-lactam (4-membered cyclic amide) rings is 1. The monoisotopic (exact) mass is 296 g/mol. The first-order valence-corrected chi connectivity index (χ1v) is 8.26. The summed E-state index contributed by atoms with van der Waals surface area (Å²) in [5, 5.41) is 11.5. The number of hydrogen-bond donors (Lipinski definition) is 0. The van der Waals surface area contributed by atoms with Gasteiger partial charge in [0.15, 0.2) is 0 Å². The number of likely N-dealkylation sites (N-methyl/N-ethyl adjacent to an activating group) is 1. The van der Waals surface area contributed by atoms with Gasteiger partial charge < -0.3 is 14.4 Å². The summed E-state index contributed by atoms with van der Waals surface area (Å²) in [6.07, 6.45) is 4.12. The van der Waals surface area contributed by atoms with Gasteiger partial charge in [0.2, 0.25) is 5.91 Å². The number of hydrogen-bond acceptors (Lipinski definition) is 4. The third-order valence-corrected chi connectivity index (χ3v) is 5.87. The highest BCUT2D eigenvalue weighted by molar-refractivity contribution is 8.00. The highest BCUT2D eigenvalue weighted by atomic mass is 32.2. The first kappa shape index (κ1) is 13.9. The third kappa shape index (κ3) is 2.35. The molecule has 2 fully saturated rings. The number of quaternary nitrogens is 1. The number of amides is 1. The van der Waals surface area contributed by atoms with Crippen LogP contribution in [0.1, 0.15) is 25.7 Å². The quantitative estimate of drug-likeness (QED) is 0.540. The molecule has 110 valence electrons. The van der Waals surface area contributed by atoms with Gasteiger partial charge in [-0.3, -0.25) is 9.69 Å². The minimum atomic E-state index is -1.19. The number of rotatable bonds is 3. The largest absolute Gasteiger partial charge is 0.543 e. The molecule has 5 nitrogen and oxygen atoms in total. The summed E-state index contributed by atoms with van der Waals surface area (Å²) in [6, 6.07) is 0. The Balaban J connectivity index is 1.86. The summed E-state index contributed by atoms with van der Waals surface area (Å²) < 4.78 is 0.888. The van der Waals surface area contributed by atoms with Crippen molar-refractivity contribution in [2.75, 3.05) is 32.4 Å². The molecule has 0 aliphatic carbocycles. The molecule has 0 bridgehead atoms. The fraction of sp³-hybridized carbons (Fsp3) is 0.714. The van der Waals surface area contributed by atoms with Crippen molar-refractivity contribution in [2.45, 2.75) is 31.1 Å². The molecule has 2 saturated heterocycles.